The normalized spacial score (nSPS) is 17.4. The number of fused-ring (bicyclic) bond motifs is 1. The number of nitrogens with one attached hydrogen (secondary N) is 2. The zero-order chi connectivity index (χ0) is 19.5. The van der Waals surface area contributed by atoms with Crippen molar-refractivity contribution in [2.24, 2.45) is 0 Å². The Labute approximate surface area is 169 Å². The lowest BCUT2D eigenvalue weighted by molar-refractivity contribution is 0.0270. The van der Waals surface area contributed by atoms with E-state index in [1.165, 1.54) is 0 Å². The molecule has 28 heavy (non-hydrogen) atoms. The number of anilines is 2. The molecular weight excluding hydrogens is 374 g/mol. The molecule has 2 heterocycles. The monoisotopic (exact) mass is 395 g/mol. The summed E-state index contributed by atoms with van der Waals surface area (Å²) in [7, 11) is 0. The van der Waals surface area contributed by atoms with Gasteiger partial charge in [-0.2, -0.15) is 0 Å². The SMILES string of the molecule is CC(OC(=O)c1ccccc1Nc1ccnc2cc(Cl)ccc12)C1CCCN1. The summed E-state index contributed by atoms with van der Waals surface area (Å²) in [5.74, 6) is -0.328. The maximum Gasteiger partial charge on any atom is 0.340 e. The first kappa shape index (κ1) is 18.7. The molecule has 1 fully saturated rings. The Morgan fingerprint density at radius 3 is 2.93 bits per heavy atom. The smallest absolute Gasteiger partial charge is 0.340 e. The van der Waals surface area contributed by atoms with Crippen LogP contribution in [-0.4, -0.2) is 29.6 Å². The van der Waals surface area contributed by atoms with E-state index in [2.05, 4.69) is 15.6 Å². The number of para-hydroxylation sites is 1. The van der Waals surface area contributed by atoms with Crippen LogP contribution in [0.25, 0.3) is 10.9 Å². The zero-order valence-electron chi connectivity index (χ0n) is 15.6. The number of carbonyl (C=O) groups is 1. The van der Waals surface area contributed by atoms with Crippen molar-refractivity contribution in [1.29, 1.82) is 0 Å². The van der Waals surface area contributed by atoms with E-state index >= 15 is 0 Å². The van der Waals surface area contributed by atoms with E-state index in [0.29, 0.717) is 16.3 Å². The van der Waals surface area contributed by atoms with Crippen LogP contribution < -0.4 is 10.6 Å². The van der Waals surface area contributed by atoms with Gasteiger partial charge in [0.15, 0.2) is 0 Å². The van der Waals surface area contributed by atoms with Gasteiger partial charge >= 0.3 is 5.97 Å². The van der Waals surface area contributed by atoms with Gasteiger partial charge in [-0.15, -0.1) is 0 Å². The van der Waals surface area contributed by atoms with Gasteiger partial charge in [-0.25, -0.2) is 4.79 Å². The second-order valence-electron chi connectivity index (χ2n) is 7.00. The van der Waals surface area contributed by atoms with Crippen molar-refractivity contribution < 1.29 is 9.53 Å². The Morgan fingerprint density at radius 2 is 2.11 bits per heavy atom. The molecule has 2 atom stereocenters. The molecule has 1 aliphatic heterocycles. The number of nitrogens with zero attached hydrogens (tertiary/aromatic N) is 1. The van der Waals surface area contributed by atoms with Gasteiger partial charge in [0.05, 0.1) is 16.8 Å². The quantitative estimate of drug-likeness (QED) is 0.600. The van der Waals surface area contributed by atoms with Gasteiger partial charge in [0.2, 0.25) is 0 Å². The molecule has 3 aromatic rings. The van der Waals surface area contributed by atoms with Crippen molar-refractivity contribution in [3.63, 3.8) is 0 Å². The lowest BCUT2D eigenvalue weighted by Crippen LogP contribution is -2.36. The van der Waals surface area contributed by atoms with Crippen LogP contribution in [-0.2, 0) is 4.74 Å². The maximum atomic E-state index is 12.8. The third kappa shape index (κ3) is 3.96. The maximum absolute atomic E-state index is 12.8. The summed E-state index contributed by atoms with van der Waals surface area (Å²) in [6.07, 6.45) is 3.69. The van der Waals surface area contributed by atoms with Crippen molar-refractivity contribution >= 4 is 39.8 Å². The number of esters is 1. The highest BCUT2D eigenvalue weighted by Crippen LogP contribution is 2.29. The second-order valence-corrected chi connectivity index (χ2v) is 7.44. The third-order valence-electron chi connectivity index (χ3n) is 5.08. The summed E-state index contributed by atoms with van der Waals surface area (Å²) in [4.78, 5) is 17.2. The molecular formula is C22H22ClN3O2. The molecule has 0 aliphatic carbocycles. The van der Waals surface area contributed by atoms with Crippen molar-refractivity contribution in [2.45, 2.75) is 31.9 Å². The highest BCUT2D eigenvalue weighted by molar-refractivity contribution is 6.31. The molecule has 5 nitrogen and oxygen atoms in total. The molecule has 0 spiro atoms. The minimum atomic E-state index is -0.328. The number of pyridine rings is 1. The first-order valence-electron chi connectivity index (χ1n) is 9.46. The van der Waals surface area contributed by atoms with Crippen molar-refractivity contribution in [3.8, 4) is 0 Å². The lowest BCUT2D eigenvalue weighted by atomic mass is 10.1. The largest absolute Gasteiger partial charge is 0.457 e. The lowest BCUT2D eigenvalue weighted by Gasteiger charge is -2.21. The summed E-state index contributed by atoms with van der Waals surface area (Å²) in [5.41, 5.74) is 2.85. The third-order valence-corrected chi connectivity index (χ3v) is 5.31. The Bertz CT molecular complexity index is 1000. The fourth-order valence-electron chi connectivity index (χ4n) is 3.57. The number of aromatic nitrogens is 1. The highest BCUT2D eigenvalue weighted by atomic mass is 35.5. The first-order chi connectivity index (χ1) is 13.6. The number of halogens is 1. The molecule has 0 saturated carbocycles. The first-order valence-corrected chi connectivity index (χ1v) is 9.84. The summed E-state index contributed by atoms with van der Waals surface area (Å²) in [5, 5.41) is 8.30. The highest BCUT2D eigenvalue weighted by Gasteiger charge is 2.25. The number of benzene rings is 2. The summed E-state index contributed by atoms with van der Waals surface area (Å²) in [6.45, 7) is 2.92. The molecule has 6 heteroatoms. The van der Waals surface area contributed by atoms with Gasteiger partial charge < -0.3 is 15.4 Å². The second kappa shape index (κ2) is 8.17. The van der Waals surface area contributed by atoms with E-state index in [9.17, 15) is 4.79 Å². The van der Waals surface area contributed by atoms with E-state index in [1.54, 1.807) is 12.3 Å². The Morgan fingerprint density at radius 1 is 1.25 bits per heavy atom. The summed E-state index contributed by atoms with van der Waals surface area (Å²) >= 11 is 6.07. The van der Waals surface area contributed by atoms with Crippen LogP contribution in [0.3, 0.4) is 0 Å². The molecule has 2 N–H and O–H groups in total. The molecule has 1 aromatic heterocycles. The number of hydrogen-bond acceptors (Lipinski definition) is 5. The van der Waals surface area contributed by atoms with Crippen LogP contribution in [0.2, 0.25) is 5.02 Å². The standard InChI is InChI=1S/C22H22ClN3O2/c1-14(18-7-4-11-24-18)28-22(27)17-5-2-3-6-19(17)26-20-10-12-25-21-13-15(23)8-9-16(20)21/h2-3,5-6,8-10,12-14,18,24H,4,7,11H2,1H3,(H,25,26). The van der Waals surface area contributed by atoms with Gasteiger partial charge in [0.25, 0.3) is 0 Å². The Kier molecular flexibility index (Phi) is 5.46. The van der Waals surface area contributed by atoms with Gasteiger partial charge in [0.1, 0.15) is 6.10 Å². The predicted molar refractivity (Wildman–Crippen MR) is 112 cm³/mol. The van der Waals surface area contributed by atoms with Crippen LogP contribution in [0, 0.1) is 0 Å². The number of hydrogen-bond donors (Lipinski definition) is 2. The molecule has 144 valence electrons. The number of rotatable bonds is 5. The van der Waals surface area contributed by atoms with Crippen LogP contribution in [0.1, 0.15) is 30.1 Å². The fraction of sp³-hybridized carbons (Fsp3) is 0.273. The van der Waals surface area contributed by atoms with Gasteiger partial charge in [-0.1, -0.05) is 23.7 Å². The fourth-order valence-corrected chi connectivity index (χ4v) is 3.74. The minimum Gasteiger partial charge on any atom is -0.457 e. The topological polar surface area (TPSA) is 63.2 Å². The molecule has 1 aliphatic rings. The van der Waals surface area contributed by atoms with Gasteiger partial charge in [-0.3, -0.25) is 4.98 Å². The van der Waals surface area contributed by atoms with Crippen molar-refractivity contribution in [1.82, 2.24) is 10.3 Å². The van der Waals surface area contributed by atoms with Crippen LogP contribution in [0.5, 0.6) is 0 Å². The summed E-state index contributed by atoms with van der Waals surface area (Å²) < 4.78 is 5.73. The zero-order valence-corrected chi connectivity index (χ0v) is 16.4. The minimum absolute atomic E-state index is 0.174. The van der Waals surface area contributed by atoms with E-state index in [1.807, 2.05) is 49.4 Å². The average Bonchev–Trinajstić information content (AvgIpc) is 3.23. The average molecular weight is 396 g/mol. The summed E-state index contributed by atoms with van der Waals surface area (Å²) in [6, 6.07) is 15.0. The van der Waals surface area contributed by atoms with Gasteiger partial charge in [0, 0.05) is 28.3 Å². The molecule has 4 rings (SSSR count). The van der Waals surface area contributed by atoms with Crippen molar-refractivity contribution in [2.75, 3.05) is 11.9 Å². The van der Waals surface area contributed by atoms with E-state index < -0.39 is 0 Å². The van der Waals surface area contributed by atoms with E-state index in [0.717, 1.165) is 36.0 Å². The molecule has 0 radical (unpaired) electrons. The van der Waals surface area contributed by atoms with Crippen LogP contribution >= 0.6 is 11.6 Å². The molecule has 0 amide bonds. The van der Waals surface area contributed by atoms with E-state index in [4.69, 9.17) is 16.3 Å². The Hall–Kier alpha value is -2.63. The number of carbonyl (C=O) groups excluding carboxylic acids is 1. The molecule has 2 aromatic carbocycles. The van der Waals surface area contributed by atoms with Gasteiger partial charge in [-0.05, 0) is 62.7 Å². The molecule has 0 bridgehead atoms. The van der Waals surface area contributed by atoms with Crippen LogP contribution in [0.15, 0.2) is 54.7 Å². The van der Waals surface area contributed by atoms with Crippen molar-refractivity contribution in [3.05, 3.63) is 65.3 Å². The molecule has 2 unspecified atom stereocenters. The van der Waals surface area contributed by atoms with Crippen LogP contribution in [0.4, 0.5) is 11.4 Å². The Balaban J connectivity index is 1.59. The molecule has 1 saturated heterocycles. The van der Waals surface area contributed by atoms with E-state index in [-0.39, 0.29) is 18.1 Å². The predicted octanol–water partition coefficient (Wildman–Crippen LogP) is 4.93. The number of ether oxygens (including phenoxy) is 1.